The van der Waals surface area contributed by atoms with Crippen molar-refractivity contribution in [2.75, 3.05) is 5.32 Å². The second-order valence-electron chi connectivity index (χ2n) is 6.01. The number of carbonyl (C=O) groups is 1. The number of nitrogens with zero attached hydrogens (tertiary/aromatic N) is 1. The fourth-order valence-electron chi connectivity index (χ4n) is 2.85. The molecule has 1 amide bonds. The average Bonchev–Trinajstić information content (AvgIpc) is 3.34. The van der Waals surface area contributed by atoms with Gasteiger partial charge in [-0.25, -0.2) is 13.2 Å². The number of halogens is 3. The SMILES string of the molecule is O=C(Nc1ccc(F)c(F)c1)c1scc(-c2ccc(F)cc2)c1-n1cccc1. The smallest absolute Gasteiger partial charge is 0.267 e. The largest absolute Gasteiger partial charge is 0.322 e. The summed E-state index contributed by atoms with van der Waals surface area (Å²) in [6, 6.07) is 12.8. The molecule has 0 radical (unpaired) electrons. The lowest BCUT2D eigenvalue weighted by Gasteiger charge is -2.10. The number of benzene rings is 2. The second kappa shape index (κ2) is 7.36. The number of thiophene rings is 1. The molecule has 0 atom stereocenters. The Kier molecular flexibility index (Phi) is 4.75. The predicted octanol–water partition coefficient (Wildman–Crippen LogP) is 5.88. The third-order valence-corrected chi connectivity index (χ3v) is 5.13. The van der Waals surface area contributed by atoms with Crippen LogP contribution in [0.5, 0.6) is 0 Å². The topological polar surface area (TPSA) is 34.0 Å². The molecular formula is C21H13F3N2OS. The van der Waals surface area contributed by atoms with Gasteiger partial charge >= 0.3 is 0 Å². The zero-order valence-electron chi connectivity index (χ0n) is 14.3. The molecule has 2 aromatic heterocycles. The van der Waals surface area contributed by atoms with Crippen LogP contribution in [0.15, 0.2) is 72.4 Å². The van der Waals surface area contributed by atoms with E-state index in [0.717, 1.165) is 23.3 Å². The molecule has 2 heterocycles. The zero-order valence-corrected chi connectivity index (χ0v) is 15.1. The van der Waals surface area contributed by atoms with Crippen molar-refractivity contribution in [3.8, 4) is 16.8 Å². The summed E-state index contributed by atoms with van der Waals surface area (Å²) in [6.45, 7) is 0. The highest BCUT2D eigenvalue weighted by atomic mass is 32.1. The van der Waals surface area contributed by atoms with Crippen molar-refractivity contribution in [1.29, 1.82) is 0 Å². The van der Waals surface area contributed by atoms with Gasteiger partial charge in [0.1, 0.15) is 10.7 Å². The molecule has 0 fully saturated rings. The lowest BCUT2D eigenvalue weighted by atomic mass is 10.1. The van der Waals surface area contributed by atoms with Gasteiger partial charge in [0.05, 0.1) is 5.69 Å². The number of aromatic nitrogens is 1. The molecule has 140 valence electrons. The molecule has 7 heteroatoms. The summed E-state index contributed by atoms with van der Waals surface area (Å²) < 4.78 is 41.6. The first-order valence-corrected chi connectivity index (χ1v) is 9.18. The van der Waals surface area contributed by atoms with Crippen LogP contribution in [0.3, 0.4) is 0 Å². The summed E-state index contributed by atoms with van der Waals surface area (Å²) in [5.41, 5.74) is 2.30. The molecule has 1 N–H and O–H groups in total. The van der Waals surface area contributed by atoms with Crippen LogP contribution in [-0.4, -0.2) is 10.5 Å². The third-order valence-electron chi connectivity index (χ3n) is 4.17. The molecule has 0 aliphatic heterocycles. The molecule has 28 heavy (non-hydrogen) atoms. The molecule has 0 spiro atoms. The molecule has 0 saturated heterocycles. The Morgan fingerprint density at radius 1 is 0.929 bits per heavy atom. The van der Waals surface area contributed by atoms with E-state index in [-0.39, 0.29) is 11.5 Å². The Balaban J connectivity index is 1.75. The highest BCUT2D eigenvalue weighted by molar-refractivity contribution is 7.13. The van der Waals surface area contributed by atoms with Gasteiger partial charge in [0.2, 0.25) is 0 Å². The van der Waals surface area contributed by atoms with Crippen molar-refractivity contribution in [2.45, 2.75) is 0 Å². The summed E-state index contributed by atoms with van der Waals surface area (Å²) in [4.78, 5) is 13.2. The molecule has 4 aromatic rings. The van der Waals surface area contributed by atoms with Crippen LogP contribution in [0.1, 0.15) is 9.67 Å². The predicted molar refractivity (Wildman–Crippen MR) is 103 cm³/mol. The van der Waals surface area contributed by atoms with Crippen molar-refractivity contribution in [2.24, 2.45) is 0 Å². The van der Waals surface area contributed by atoms with Crippen molar-refractivity contribution < 1.29 is 18.0 Å². The molecule has 3 nitrogen and oxygen atoms in total. The van der Waals surface area contributed by atoms with Gasteiger partial charge in [0.25, 0.3) is 5.91 Å². The molecular weight excluding hydrogens is 385 g/mol. The Morgan fingerprint density at radius 2 is 1.64 bits per heavy atom. The second-order valence-corrected chi connectivity index (χ2v) is 6.89. The van der Waals surface area contributed by atoms with E-state index in [0.29, 0.717) is 10.6 Å². The van der Waals surface area contributed by atoms with E-state index in [1.165, 1.54) is 29.5 Å². The monoisotopic (exact) mass is 398 g/mol. The fourth-order valence-corrected chi connectivity index (χ4v) is 3.82. The highest BCUT2D eigenvalue weighted by Crippen LogP contribution is 2.35. The van der Waals surface area contributed by atoms with Crippen LogP contribution >= 0.6 is 11.3 Å². The van der Waals surface area contributed by atoms with E-state index < -0.39 is 17.5 Å². The Morgan fingerprint density at radius 3 is 2.32 bits per heavy atom. The van der Waals surface area contributed by atoms with Crippen LogP contribution in [0, 0.1) is 17.5 Å². The van der Waals surface area contributed by atoms with Crippen LogP contribution in [0.2, 0.25) is 0 Å². The van der Waals surface area contributed by atoms with Crippen LogP contribution in [0.25, 0.3) is 16.8 Å². The third kappa shape index (κ3) is 3.44. The van der Waals surface area contributed by atoms with Crippen molar-refractivity contribution in [1.82, 2.24) is 4.57 Å². The maximum absolute atomic E-state index is 13.4. The minimum atomic E-state index is -1.04. The van der Waals surface area contributed by atoms with Gasteiger partial charge in [0, 0.05) is 35.1 Å². The van der Waals surface area contributed by atoms with Gasteiger partial charge in [-0.2, -0.15) is 0 Å². The summed E-state index contributed by atoms with van der Waals surface area (Å²) in [5, 5.41) is 4.40. The Bertz CT molecular complexity index is 1140. The maximum Gasteiger partial charge on any atom is 0.267 e. The highest BCUT2D eigenvalue weighted by Gasteiger charge is 2.21. The first-order chi connectivity index (χ1) is 13.5. The van der Waals surface area contributed by atoms with Crippen molar-refractivity contribution >= 4 is 22.9 Å². The van der Waals surface area contributed by atoms with E-state index in [2.05, 4.69) is 5.32 Å². The summed E-state index contributed by atoms with van der Waals surface area (Å²) >= 11 is 1.21. The van der Waals surface area contributed by atoms with Crippen LogP contribution in [0.4, 0.5) is 18.9 Å². The van der Waals surface area contributed by atoms with Gasteiger partial charge in [0.15, 0.2) is 11.6 Å². The number of nitrogens with one attached hydrogen (secondary N) is 1. The number of hydrogen-bond acceptors (Lipinski definition) is 2. The van der Waals surface area contributed by atoms with E-state index >= 15 is 0 Å². The van der Waals surface area contributed by atoms with Crippen molar-refractivity contribution in [3.63, 3.8) is 0 Å². The molecule has 0 unspecified atom stereocenters. The molecule has 0 aliphatic rings. The van der Waals surface area contributed by atoms with Gasteiger partial charge in [-0.1, -0.05) is 12.1 Å². The number of carbonyl (C=O) groups excluding carboxylic acids is 1. The molecule has 0 bridgehead atoms. The normalized spacial score (nSPS) is 10.8. The Hall–Kier alpha value is -3.32. The zero-order chi connectivity index (χ0) is 19.7. The van der Waals surface area contributed by atoms with Gasteiger partial charge in [-0.15, -0.1) is 11.3 Å². The minimum absolute atomic E-state index is 0.152. The van der Waals surface area contributed by atoms with E-state index in [4.69, 9.17) is 0 Å². The first kappa shape index (κ1) is 18.1. The van der Waals surface area contributed by atoms with E-state index in [9.17, 15) is 18.0 Å². The molecule has 2 aromatic carbocycles. The quantitative estimate of drug-likeness (QED) is 0.458. The summed E-state index contributed by atoms with van der Waals surface area (Å²) in [7, 11) is 0. The number of rotatable bonds is 4. The Labute approximate surface area is 162 Å². The number of hydrogen-bond donors (Lipinski definition) is 1. The minimum Gasteiger partial charge on any atom is -0.322 e. The molecule has 0 aliphatic carbocycles. The number of anilines is 1. The number of amides is 1. The van der Waals surface area contributed by atoms with E-state index in [1.807, 2.05) is 17.5 Å². The summed E-state index contributed by atoms with van der Waals surface area (Å²) in [6.07, 6.45) is 3.59. The van der Waals surface area contributed by atoms with Crippen molar-refractivity contribution in [3.05, 3.63) is 94.7 Å². The van der Waals surface area contributed by atoms with Crippen LogP contribution in [-0.2, 0) is 0 Å². The van der Waals surface area contributed by atoms with Gasteiger partial charge in [-0.3, -0.25) is 4.79 Å². The van der Waals surface area contributed by atoms with E-state index in [1.54, 1.807) is 29.1 Å². The van der Waals surface area contributed by atoms with Gasteiger partial charge in [-0.05, 0) is 42.0 Å². The van der Waals surface area contributed by atoms with Crippen LogP contribution < -0.4 is 5.32 Å². The average molecular weight is 398 g/mol. The molecule has 0 saturated carbocycles. The first-order valence-electron chi connectivity index (χ1n) is 8.30. The lowest BCUT2D eigenvalue weighted by molar-refractivity contribution is 0.103. The standard InChI is InChI=1S/C21H13F3N2OS/c22-14-5-3-13(4-6-14)16-12-28-20(19(16)26-9-1-2-10-26)21(27)25-15-7-8-17(23)18(24)11-15/h1-12H,(H,25,27). The fraction of sp³-hybridized carbons (Fsp3) is 0. The summed E-state index contributed by atoms with van der Waals surface area (Å²) in [5.74, 6) is -2.83. The molecule has 4 rings (SSSR count). The van der Waals surface area contributed by atoms with Gasteiger partial charge < -0.3 is 9.88 Å². The lowest BCUT2D eigenvalue weighted by Crippen LogP contribution is -2.13. The maximum atomic E-state index is 13.4.